The first-order valence-electron chi connectivity index (χ1n) is 5.08. The summed E-state index contributed by atoms with van der Waals surface area (Å²) in [4.78, 5) is 13.1. The molecule has 1 aliphatic rings. The van der Waals surface area contributed by atoms with Gasteiger partial charge in [0.1, 0.15) is 6.21 Å². The van der Waals surface area contributed by atoms with Gasteiger partial charge in [0.15, 0.2) is 0 Å². The zero-order valence-corrected chi connectivity index (χ0v) is 8.69. The number of hydrogen-bond acceptors (Lipinski definition) is 5. The maximum Gasteiger partial charge on any atom is 0.265 e. The summed E-state index contributed by atoms with van der Waals surface area (Å²) in [6, 6.07) is 0. The number of oxime groups is 1. The topological polar surface area (TPSA) is 74.2 Å². The Morgan fingerprint density at radius 3 is 2.93 bits per heavy atom. The second kappa shape index (κ2) is 7.19. The van der Waals surface area contributed by atoms with Crippen LogP contribution in [-0.4, -0.2) is 61.6 Å². The molecule has 0 aromatic carbocycles. The Kier molecular flexibility index (Phi) is 5.72. The van der Waals surface area contributed by atoms with E-state index in [0.717, 1.165) is 45.5 Å². The van der Waals surface area contributed by atoms with Crippen LogP contribution in [0.1, 0.15) is 6.42 Å². The highest BCUT2D eigenvalue weighted by atomic mass is 16.5. The van der Waals surface area contributed by atoms with Crippen LogP contribution in [0.25, 0.3) is 0 Å². The minimum Gasteiger partial charge on any atom is -0.411 e. The zero-order chi connectivity index (χ0) is 10.9. The Morgan fingerprint density at radius 1 is 1.53 bits per heavy atom. The molecule has 1 fully saturated rings. The molecule has 2 N–H and O–H groups in total. The number of nitrogens with one attached hydrogen (secondary N) is 1. The highest BCUT2D eigenvalue weighted by molar-refractivity contribution is 6.25. The van der Waals surface area contributed by atoms with Crippen LogP contribution in [0.2, 0.25) is 0 Å². The van der Waals surface area contributed by atoms with Gasteiger partial charge in [-0.05, 0) is 13.0 Å². The molecule has 1 amide bonds. The van der Waals surface area contributed by atoms with Gasteiger partial charge in [0.25, 0.3) is 5.91 Å². The Labute approximate surface area is 88.9 Å². The van der Waals surface area contributed by atoms with Gasteiger partial charge in [-0.25, -0.2) is 0 Å². The first-order chi connectivity index (χ1) is 7.33. The Balaban J connectivity index is 1.98. The van der Waals surface area contributed by atoms with Crippen molar-refractivity contribution in [3.63, 3.8) is 0 Å². The van der Waals surface area contributed by atoms with E-state index in [1.807, 2.05) is 0 Å². The largest absolute Gasteiger partial charge is 0.411 e. The molecule has 15 heavy (non-hydrogen) atoms. The predicted molar refractivity (Wildman–Crippen MR) is 55.2 cm³/mol. The lowest BCUT2D eigenvalue weighted by Gasteiger charge is -2.26. The van der Waals surface area contributed by atoms with Crippen molar-refractivity contribution in [3.8, 4) is 0 Å². The smallest absolute Gasteiger partial charge is 0.265 e. The fourth-order valence-corrected chi connectivity index (χ4v) is 1.44. The van der Waals surface area contributed by atoms with Crippen molar-refractivity contribution >= 4 is 12.1 Å². The van der Waals surface area contributed by atoms with Gasteiger partial charge in [0.2, 0.25) is 0 Å². The summed E-state index contributed by atoms with van der Waals surface area (Å²) in [5.41, 5.74) is 0. The van der Waals surface area contributed by atoms with Gasteiger partial charge in [-0.2, -0.15) is 0 Å². The second-order valence-electron chi connectivity index (χ2n) is 3.34. The fraction of sp³-hybridized carbons (Fsp3) is 0.778. The lowest BCUT2D eigenvalue weighted by molar-refractivity contribution is -0.114. The Bertz CT molecular complexity index is 215. The molecule has 1 aliphatic heterocycles. The molecular weight excluding hydrogens is 198 g/mol. The van der Waals surface area contributed by atoms with Gasteiger partial charge in [-0.3, -0.25) is 9.69 Å². The third kappa shape index (κ3) is 5.34. The predicted octanol–water partition coefficient (Wildman–Crippen LogP) is -0.715. The molecule has 0 saturated carbocycles. The zero-order valence-electron chi connectivity index (χ0n) is 8.69. The minimum absolute atomic E-state index is 0.362. The molecule has 6 heteroatoms. The van der Waals surface area contributed by atoms with Gasteiger partial charge in [0, 0.05) is 19.6 Å². The van der Waals surface area contributed by atoms with E-state index in [9.17, 15) is 4.79 Å². The van der Waals surface area contributed by atoms with Crippen LogP contribution < -0.4 is 5.32 Å². The Hall–Kier alpha value is -1.14. The molecule has 6 nitrogen and oxygen atoms in total. The van der Waals surface area contributed by atoms with E-state index in [4.69, 9.17) is 9.94 Å². The van der Waals surface area contributed by atoms with Crippen LogP contribution in [0.3, 0.4) is 0 Å². The number of ether oxygens (including phenoxy) is 1. The molecule has 0 aliphatic carbocycles. The highest BCUT2D eigenvalue weighted by Crippen LogP contribution is 1.96. The second-order valence-corrected chi connectivity index (χ2v) is 3.34. The highest BCUT2D eigenvalue weighted by Gasteiger charge is 2.09. The maximum absolute atomic E-state index is 10.8. The van der Waals surface area contributed by atoms with Crippen molar-refractivity contribution < 1.29 is 14.7 Å². The molecular formula is C9H17N3O3. The molecule has 0 bridgehead atoms. The van der Waals surface area contributed by atoms with Crippen LogP contribution in [0, 0.1) is 0 Å². The molecule has 1 saturated heterocycles. The van der Waals surface area contributed by atoms with Crippen molar-refractivity contribution in [1.82, 2.24) is 10.2 Å². The maximum atomic E-state index is 10.8. The quantitative estimate of drug-likeness (QED) is 0.275. The summed E-state index contributed by atoms with van der Waals surface area (Å²) < 4.78 is 5.22. The normalized spacial score (nSPS) is 18.1. The lowest BCUT2D eigenvalue weighted by Crippen LogP contribution is -2.38. The fourth-order valence-electron chi connectivity index (χ4n) is 1.44. The number of nitrogens with zero attached hydrogens (tertiary/aromatic N) is 2. The molecule has 0 atom stereocenters. The first-order valence-corrected chi connectivity index (χ1v) is 5.08. The average Bonchev–Trinajstić information content (AvgIpc) is 2.26. The molecule has 0 unspecified atom stereocenters. The summed E-state index contributed by atoms with van der Waals surface area (Å²) >= 11 is 0. The third-order valence-corrected chi connectivity index (χ3v) is 2.23. The van der Waals surface area contributed by atoms with Crippen LogP contribution in [0.4, 0.5) is 0 Å². The number of amides is 1. The van der Waals surface area contributed by atoms with Crippen molar-refractivity contribution in [2.75, 3.05) is 39.4 Å². The van der Waals surface area contributed by atoms with Gasteiger partial charge in [-0.1, -0.05) is 5.16 Å². The number of carbonyl (C=O) groups is 1. The number of hydrogen-bond donors (Lipinski definition) is 2. The number of morpholine rings is 1. The van der Waals surface area contributed by atoms with E-state index >= 15 is 0 Å². The van der Waals surface area contributed by atoms with Crippen LogP contribution in [0.5, 0.6) is 0 Å². The van der Waals surface area contributed by atoms with E-state index in [-0.39, 0.29) is 5.91 Å². The molecule has 0 radical (unpaired) electrons. The van der Waals surface area contributed by atoms with Crippen LogP contribution in [-0.2, 0) is 9.53 Å². The number of carbonyl (C=O) groups excluding carboxylic acids is 1. The van der Waals surface area contributed by atoms with E-state index in [1.165, 1.54) is 0 Å². The van der Waals surface area contributed by atoms with Crippen molar-refractivity contribution in [2.24, 2.45) is 5.16 Å². The lowest BCUT2D eigenvalue weighted by atomic mass is 10.3. The Morgan fingerprint density at radius 2 is 2.27 bits per heavy atom. The van der Waals surface area contributed by atoms with Gasteiger partial charge in [0.05, 0.1) is 13.2 Å². The third-order valence-electron chi connectivity index (χ3n) is 2.23. The SMILES string of the molecule is O=C(/C=N/O)NCCCN1CCOCC1. The van der Waals surface area contributed by atoms with Gasteiger partial charge in [-0.15, -0.1) is 0 Å². The van der Waals surface area contributed by atoms with E-state index < -0.39 is 0 Å². The van der Waals surface area contributed by atoms with Crippen molar-refractivity contribution in [2.45, 2.75) is 6.42 Å². The summed E-state index contributed by atoms with van der Waals surface area (Å²) in [5.74, 6) is -0.362. The molecule has 1 rings (SSSR count). The summed E-state index contributed by atoms with van der Waals surface area (Å²) in [7, 11) is 0. The first kappa shape index (κ1) is 11.9. The van der Waals surface area contributed by atoms with E-state index in [1.54, 1.807) is 0 Å². The monoisotopic (exact) mass is 215 g/mol. The molecule has 1 heterocycles. The number of rotatable bonds is 5. The minimum atomic E-state index is -0.362. The van der Waals surface area contributed by atoms with Crippen molar-refractivity contribution in [3.05, 3.63) is 0 Å². The van der Waals surface area contributed by atoms with Crippen LogP contribution >= 0.6 is 0 Å². The molecule has 0 spiro atoms. The van der Waals surface area contributed by atoms with Gasteiger partial charge >= 0.3 is 0 Å². The summed E-state index contributed by atoms with van der Waals surface area (Å²) in [6.07, 6.45) is 1.75. The summed E-state index contributed by atoms with van der Waals surface area (Å²) in [5, 5.41) is 13.3. The van der Waals surface area contributed by atoms with E-state index in [0.29, 0.717) is 6.54 Å². The average molecular weight is 215 g/mol. The molecule has 0 aromatic heterocycles. The van der Waals surface area contributed by atoms with Crippen LogP contribution in [0.15, 0.2) is 5.16 Å². The van der Waals surface area contributed by atoms with Crippen molar-refractivity contribution in [1.29, 1.82) is 0 Å². The van der Waals surface area contributed by atoms with E-state index in [2.05, 4.69) is 15.4 Å². The standard InChI is InChI=1S/C9H17N3O3/c13-9(8-11-14)10-2-1-3-12-4-6-15-7-5-12/h8,14H,1-7H2,(H,10,13)/b11-8+. The van der Waals surface area contributed by atoms with Gasteiger partial charge < -0.3 is 15.3 Å². The molecule has 86 valence electrons. The summed E-state index contributed by atoms with van der Waals surface area (Å²) in [6.45, 7) is 5.08. The molecule has 0 aromatic rings.